The van der Waals surface area contributed by atoms with E-state index in [0.29, 0.717) is 35.4 Å². The number of fused-ring (bicyclic) bond motifs is 1. The van der Waals surface area contributed by atoms with Crippen molar-refractivity contribution in [3.05, 3.63) is 53.6 Å². The van der Waals surface area contributed by atoms with Gasteiger partial charge in [0.25, 0.3) is 0 Å². The Labute approximate surface area is 161 Å². The lowest BCUT2D eigenvalue weighted by molar-refractivity contribution is 0.0101. The van der Waals surface area contributed by atoms with Gasteiger partial charge in [0.1, 0.15) is 0 Å². The molecule has 8 nitrogen and oxygen atoms in total. The molecule has 2 N–H and O–H groups in total. The molecule has 1 aliphatic heterocycles. The number of nitrogens with zero attached hydrogens (tertiary/aromatic N) is 2. The molecule has 0 atom stereocenters. The van der Waals surface area contributed by atoms with Crippen molar-refractivity contribution in [2.24, 2.45) is 0 Å². The molecule has 28 heavy (non-hydrogen) atoms. The summed E-state index contributed by atoms with van der Waals surface area (Å²) >= 11 is 0. The molecule has 0 unspecified atom stereocenters. The van der Waals surface area contributed by atoms with E-state index in [1.165, 1.54) is 7.11 Å². The van der Waals surface area contributed by atoms with Crippen molar-refractivity contribution >= 4 is 34.5 Å². The lowest BCUT2D eigenvalue weighted by Crippen LogP contribution is -2.47. The molecule has 4 rings (SSSR count). The van der Waals surface area contributed by atoms with Crippen molar-refractivity contribution in [2.75, 3.05) is 37.6 Å². The Morgan fingerprint density at radius 1 is 1.25 bits per heavy atom. The third-order valence-electron chi connectivity index (χ3n) is 4.85. The van der Waals surface area contributed by atoms with Gasteiger partial charge in [-0.25, -0.2) is 9.78 Å². The molecule has 1 aliphatic rings. The number of ketones is 1. The fourth-order valence-electron chi connectivity index (χ4n) is 3.13. The third kappa shape index (κ3) is 3.29. The fourth-order valence-corrected chi connectivity index (χ4v) is 3.13. The minimum absolute atomic E-state index is 0.0818. The summed E-state index contributed by atoms with van der Waals surface area (Å²) in [4.78, 5) is 33.9. The van der Waals surface area contributed by atoms with Crippen LogP contribution >= 0.6 is 0 Å². The van der Waals surface area contributed by atoms with Crippen LogP contribution in [0.1, 0.15) is 15.9 Å². The summed E-state index contributed by atoms with van der Waals surface area (Å²) < 4.78 is 9.83. The molecule has 0 aliphatic carbocycles. The van der Waals surface area contributed by atoms with Crippen molar-refractivity contribution in [3.63, 3.8) is 0 Å². The molecule has 0 bridgehead atoms. The Bertz CT molecular complexity index is 1040. The molecule has 144 valence electrons. The number of hydrogen-bond acceptors (Lipinski definition) is 6. The van der Waals surface area contributed by atoms with Crippen molar-refractivity contribution in [1.82, 2.24) is 9.97 Å². The molecule has 1 amide bonds. The highest BCUT2D eigenvalue weighted by atomic mass is 16.5. The summed E-state index contributed by atoms with van der Waals surface area (Å²) in [6.45, 7) is 1.32. The number of H-pyrrole nitrogens is 1. The maximum atomic E-state index is 13.2. The Balaban J connectivity index is 1.65. The normalized spacial score (nSPS) is 13.8. The van der Waals surface area contributed by atoms with E-state index in [2.05, 4.69) is 24.9 Å². The Hall–Kier alpha value is -3.39. The zero-order valence-electron chi connectivity index (χ0n) is 15.6. The largest absolute Gasteiger partial charge is 0.453 e. The topological polar surface area (TPSA) is 96.5 Å². The van der Waals surface area contributed by atoms with Gasteiger partial charge in [-0.3, -0.25) is 10.1 Å². The van der Waals surface area contributed by atoms with Crippen LogP contribution in [-0.2, 0) is 9.47 Å². The molecule has 1 fully saturated rings. The van der Waals surface area contributed by atoms with Crippen LogP contribution in [0.15, 0.2) is 42.5 Å². The number of likely N-dealkylation sites (N-methyl/N-ethyl adjacent to an activating group) is 1. The van der Waals surface area contributed by atoms with Gasteiger partial charge < -0.3 is 19.4 Å². The Kier molecular flexibility index (Phi) is 4.70. The van der Waals surface area contributed by atoms with E-state index in [1.807, 2.05) is 31.3 Å². The summed E-state index contributed by atoms with van der Waals surface area (Å²) in [6.07, 6.45) is -0.618. The number of ether oxygens (including phenoxy) is 2. The molecular formula is C20H20N4O4. The van der Waals surface area contributed by atoms with Gasteiger partial charge in [-0.15, -0.1) is 0 Å². The van der Waals surface area contributed by atoms with Crippen LogP contribution in [-0.4, -0.2) is 55.3 Å². The number of methoxy groups -OCH3 is 1. The number of anilines is 2. The number of aromatic amines is 1. The first-order valence-electron chi connectivity index (χ1n) is 8.86. The lowest BCUT2D eigenvalue weighted by atomic mass is 10.00. The van der Waals surface area contributed by atoms with E-state index in [9.17, 15) is 9.59 Å². The maximum absolute atomic E-state index is 13.2. The van der Waals surface area contributed by atoms with Gasteiger partial charge >= 0.3 is 6.09 Å². The Morgan fingerprint density at radius 2 is 2.04 bits per heavy atom. The predicted molar refractivity (Wildman–Crippen MR) is 105 cm³/mol. The summed E-state index contributed by atoms with van der Waals surface area (Å²) in [5.41, 5.74) is 3.32. The quantitative estimate of drug-likeness (QED) is 0.661. The van der Waals surface area contributed by atoms with Gasteiger partial charge in [-0.05, 0) is 30.3 Å². The van der Waals surface area contributed by atoms with Crippen LogP contribution < -0.4 is 10.2 Å². The molecule has 1 aromatic heterocycles. The average Bonchev–Trinajstić information content (AvgIpc) is 3.07. The molecule has 0 saturated carbocycles. The minimum Gasteiger partial charge on any atom is -0.453 e. The van der Waals surface area contributed by atoms with E-state index in [4.69, 9.17) is 4.74 Å². The second-order valence-corrected chi connectivity index (χ2v) is 6.58. The fraction of sp³-hybridized carbons (Fsp3) is 0.250. The van der Waals surface area contributed by atoms with Crippen molar-refractivity contribution in [2.45, 2.75) is 6.04 Å². The molecule has 0 spiro atoms. The Morgan fingerprint density at radius 3 is 2.75 bits per heavy atom. The van der Waals surface area contributed by atoms with E-state index in [0.717, 1.165) is 5.69 Å². The summed E-state index contributed by atoms with van der Waals surface area (Å²) in [5, 5.41) is 2.48. The first kappa shape index (κ1) is 18.0. The van der Waals surface area contributed by atoms with E-state index in [-0.39, 0.29) is 17.8 Å². The number of carbonyl (C=O) groups is 2. The minimum atomic E-state index is -0.618. The first-order chi connectivity index (χ1) is 13.6. The van der Waals surface area contributed by atoms with Crippen molar-refractivity contribution in [3.8, 4) is 0 Å². The van der Waals surface area contributed by atoms with Crippen LogP contribution in [0.2, 0.25) is 0 Å². The first-order valence-corrected chi connectivity index (χ1v) is 8.86. The number of amides is 1. The monoisotopic (exact) mass is 380 g/mol. The number of aromatic nitrogens is 2. The number of hydrogen-bond donors (Lipinski definition) is 2. The zero-order chi connectivity index (χ0) is 19.7. The molecule has 0 radical (unpaired) electrons. The smallest absolute Gasteiger partial charge is 0.413 e. The van der Waals surface area contributed by atoms with E-state index >= 15 is 0 Å². The van der Waals surface area contributed by atoms with Crippen LogP contribution in [0.5, 0.6) is 0 Å². The number of benzene rings is 2. The number of nitrogens with one attached hydrogen (secondary N) is 2. The highest BCUT2D eigenvalue weighted by molar-refractivity contribution is 6.13. The van der Waals surface area contributed by atoms with Crippen LogP contribution in [0.4, 0.5) is 16.4 Å². The third-order valence-corrected chi connectivity index (χ3v) is 4.85. The van der Waals surface area contributed by atoms with Gasteiger partial charge in [0.2, 0.25) is 5.95 Å². The average molecular weight is 380 g/mol. The standard InChI is InChI=1S/C20H20N4O4/c1-24(13-10-28-11-13)17-6-4-3-5-14(17)18(25)12-7-8-15-16(9-12)22-19(21-15)23-20(26)27-2/h3-9,13H,10-11H2,1-2H3,(H2,21,22,23,26). The van der Waals surface area contributed by atoms with Crippen LogP contribution in [0, 0.1) is 0 Å². The van der Waals surface area contributed by atoms with Crippen LogP contribution in [0.3, 0.4) is 0 Å². The van der Waals surface area contributed by atoms with Gasteiger partial charge in [0.05, 0.1) is 37.4 Å². The highest BCUT2D eigenvalue weighted by Gasteiger charge is 2.26. The van der Waals surface area contributed by atoms with Crippen molar-refractivity contribution < 1.29 is 19.1 Å². The summed E-state index contributed by atoms with van der Waals surface area (Å²) in [5.74, 6) is 0.179. The summed E-state index contributed by atoms with van der Waals surface area (Å²) in [7, 11) is 3.25. The zero-order valence-corrected chi connectivity index (χ0v) is 15.6. The van der Waals surface area contributed by atoms with E-state index < -0.39 is 6.09 Å². The molecule has 2 heterocycles. The number of rotatable bonds is 5. The highest BCUT2D eigenvalue weighted by Crippen LogP contribution is 2.27. The predicted octanol–water partition coefficient (Wildman–Crippen LogP) is 2.81. The van der Waals surface area contributed by atoms with Gasteiger partial charge in [-0.1, -0.05) is 12.1 Å². The molecule has 3 aromatic rings. The number of carbonyl (C=O) groups excluding carboxylic acids is 2. The molecule has 8 heteroatoms. The number of para-hydroxylation sites is 1. The maximum Gasteiger partial charge on any atom is 0.413 e. The lowest BCUT2D eigenvalue weighted by Gasteiger charge is -2.36. The molecular weight excluding hydrogens is 360 g/mol. The summed E-state index contributed by atoms with van der Waals surface area (Å²) in [6, 6.07) is 13.0. The van der Waals surface area contributed by atoms with Crippen molar-refractivity contribution in [1.29, 1.82) is 0 Å². The van der Waals surface area contributed by atoms with Gasteiger partial charge in [0.15, 0.2) is 5.78 Å². The molecule has 1 saturated heterocycles. The van der Waals surface area contributed by atoms with E-state index in [1.54, 1.807) is 18.2 Å². The molecule has 2 aromatic carbocycles. The second kappa shape index (κ2) is 7.32. The van der Waals surface area contributed by atoms with Crippen LogP contribution in [0.25, 0.3) is 11.0 Å². The van der Waals surface area contributed by atoms with Gasteiger partial charge in [-0.2, -0.15) is 0 Å². The SMILES string of the molecule is COC(=O)Nc1nc2ccc(C(=O)c3ccccc3N(C)C3COC3)cc2[nH]1. The second-order valence-electron chi connectivity index (χ2n) is 6.58. The van der Waals surface area contributed by atoms with Gasteiger partial charge in [0, 0.05) is 23.9 Å². The number of imidazole rings is 1.